The Morgan fingerprint density at radius 1 is 1.05 bits per heavy atom. The van der Waals surface area contributed by atoms with Crippen molar-refractivity contribution in [3.8, 4) is 16.8 Å². The highest BCUT2D eigenvalue weighted by atomic mass is 35.5. The van der Waals surface area contributed by atoms with E-state index in [9.17, 15) is 9.59 Å². The number of halogens is 1. The van der Waals surface area contributed by atoms with Crippen LogP contribution in [0.25, 0.3) is 27.7 Å². The molecule has 0 aliphatic rings. The molecule has 2 aromatic heterocycles. The van der Waals surface area contributed by atoms with Crippen molar-refractivity contribution in [2.45, 2.75) is 19.8 Å². The molecule has 0 amide bonds. The molecule has 5 aromatic rings. The average molecular weight is 525 g/mol. The minimum Gasteiger partial charge on any atom is -0.369 e. The van der Waals surface area contributed by atoms with Crippen molar-refractivity contribution in [2.75, 3.05) is 17.6 Å². The summed E-state index contributed by atoms with van der Waals surface area (Å²) in [5.74, 6) is 0.950. The Balaban J connectivity index is 1.55. The van der Waals surface area contributed by atoms with Crippen LogP contribution in [0.5, 0.6) is 0 Å². The summed E-state index contributed by atoms with van der Waals surface area (Å²) in [6.45, 7) is 3.89. The van der Waals surface area contributed by atoms with Crippen molar-refractivity contribution in [3.05, 3.63) is 106 Å². The number of hydrogen-bond acceptors (Lipinski definition) is 7. The van der Waals surface area contributed by atoms with Gasteiger partial charge in [-0.15, -0.1) is 0 Å². The second kappa shape index (κ2) is 10.4. The molecular formula is C29H25ClN6O2. The highest BCUT2D eigenvalue weighted by Gasteiger charge is 2.20. The third-order valence-electron chi connectivity index (χ3n) is 6.29. The van der Waals surface area contributed by atoms with E-state index in [0.717, 1.165) is 5.56 Å². The highest BCUT2D eigenvalue weighted by Crippen LogP contribution is 2.29. The quantitative estimate of drug-likeness (QED) is 0.270. The Morgan fingerprint density at radius 2 is 1.82 bits per heavy atom. The molecule has 2 heterocycles. The summed E-state index contributed by atoms with van der Waals surface area (Å²) in [4.78, 5) is 39.0. The molecule has 1 atom stereocenters. The number of Topliss-reactive ketones (excluding diaryl/α,β-unsaturated/α-hetero) is 1. The Morgan fingerprint density at radius 3 is 2.58 bits per heavy atom. The van der Waals surface area contributed by atoms with Crippen LogP contribution >= 0.6 is 11.6 Å². The summed E-state index contributed by atoms with van der Waals surface area (Å²) in [5, 5.41) is 4.09. The van der Waals surface area contributed by atoms with Crippen molar-refractivity contribution < 1.29 is 4.79 Å². The van der Waals surface area contributed by atoms with Crippen molar-refractivity contribution in [2.24, 2.45) is 0 Å². The average Bonchev–Trinajstić information content (AvgIpc) is 2.92. The van der Waals surface area contributed by atoms with Crippen LogP contribution in [0.4, 0.5) is 11.8 Å². The second-order valence-corrected chi connectivity index (χ2v) is 9.40. The van der Waals surface area contributed by atoms with E-state index in [4.69, 9.17) is 22.3 Å². The molecule has 5 rings (SSSR count). The van der Waals surface area contributed by atoms with Crippen LogP contribution in [0.15, 0.2) is 83.8 Å². The number of carbonyl (C=O) groups is 1. The molecule has 8 nitrogen and oxygen atoms in total. The number of rotatable bonds is 7. The maximum absolute atomic E-state index is 13.7. The lowest BCUT2D eigenvalue weighted by Gasteiger charge is -2.20. The van der Waals surface area contributed by atoms with E-state index in [1.165, 1.54) is 6.92 Å². The van der Waals surface area contributed by atoms with Crippen LogP contribution in [0.3, 0.4) is 0 Å². The van der Waals surface area contributed by atoms with Gasteiger partial charge >= 0.3 is 0 Å². The highest BCUT2D eigenvalue weighted by molar-refractivity contribution is 6.35. The molecule has 0 radical (unpaired) electrons. The standard InChI is InChI=1S/C29H25ClN6O2/c1-17(15-32-26-22(16-33-29(31)35-26)20-9-6-8-19(14-20)18(2)37)27-34-24-13-7-12-23(30)25(24)28(38)36(27)21-10-4-3-5-11-21/h3-14,16-17H,15H2,1-2H3,(H3,31,32,33,35)/t17-/m0/s1. The van der Waals surface area contributed by atoms with Gasteiger partial charge in [0, 0.05) is 29.8 Å². The first-order valence-corrected chi connectivity index (χ1v) is 12.5. The lowest BCUT2D eigenvalue weighted by Crippen LogP contribution is -2.27. The minimum atomic E-state index is -0.235. The van der Waals surface area contributed by atoms with Gasteiger partial charge in [-0.2, -0.15) is 4.98 Å². The van der Waals surface area contributed by atoms with E-state index in [1.807, 2.05) is 49.4 Å². The fourth-order valence-corrected chi connectivity index (χ4v) is 4.60. The summed E-state index contributed by atoms with van der Waals surface area (Å²) < 4.78 is 1.60. The third-order valence-corrected chi connectivity index (χ3v) is 6.61. The number of nitrogens with zero attached hydrogens (tertiary/aromatic N) is 4. The lowest BCUT2D eigenvalue weighted by molar-refractivity contribution is 0.101. The maximum Gasteiger partial charge on any atom is 0.267 e. The topological polar surface area (TPSA) is 116 Å². The molecular weight excluding hydrogens is 500 g/mol. The number of nitrogens with one attached hydrogen (secondary N) is 1. The smallest absolute Gasteiger partial charge is 0.267 e. The molecule has 3 N–H and O–H groups in total. The summed E-state index contributed by atoms with van der Waals surface area (Å²) in [5.41, 5.74) is 8.98. The Labute approximate surface area is 224 Å². The zero-order chi connectivity index (χ0) is 26.8. The number of nitrogens with two attached hydrogens (primary N) is 1. The molecule has 0 fully saturated rings. The van der Waals surface area contributed by atoms with E-state index in [2.05, 4.69) is 15.3 Å². The number of aromatic nitrogens is 4. The summed E-state index contributed by atoms with van der Waals surface area (Å²) in [7, 11) is 0. The van der Waals surface area contributed by atoms with E-state index in [0.29, 0.717) is 50.9 Å². The van der Waals surface area contributed by atoms with Gasteiger partial charge in [0.1, 0.15) is 11.6 Å². The number of anilines is 2. The number of ketones is 1. The number of para-hydroxylation sites is 1. The van der Waals surface area contributed by atoms with Gasteiger partial charge < -0.3 is 11.1 Å². The molecule has 0 saturated carbocycles. The molecule has 190 valence electrons. The summed E-state index contributed by atoms with van der Waals surface area (Å²) >= 11 is 6.40. The van der Waals surface area contributed by atoms with Crippen LogP contribution < -0.4 is 16.6 Å². The second-order valence-electron chi connectivity index (χ2n) is 8.99. The van der Waals surface area contributed by atoms with E-state index < -0.39 is 0 Å². The number of nitrogen functional groups attached to an aromatic ring is 1. The normalized spacial score (nSPS) is 11.9. The van der Waals surface area contributed by atoms with Crippen molar-refractivity contribution in [3.63, 3.8) is 0 Å². The molecule has 9 heteroatoms. The zero-order valence-corrected chi connectivity index (χ0v) is 21.6. The number of carbonyl (C=O) groups excluding carboxylic acids is 1. The maximum atomic E-state index is 13.7. The van der Waals surface area contributed by atoms with E-state index >= 15 is 0 Å². The van der Waals surface area contributed by atoms with E-state index in [-0.39, 0.29) is 23.2 Å². The summed E-state index contributed by atoms with van der Waals surface area (Å²) in [6.07, 6.45) is 1.63. The molecule has 0 spiro atoms. The molecule has 0 bridgehead atoms. The fourth-order valence-electron chi connectivity index (χ4n) is 4.35. The number of hydrogen-bond donors (Lipinski definition) is 2. The first kappa shape index (κ1) is 25.1. The first-order chi connectivity index (χ1) is 18.3. The molecule has 0 unspecified atom stereocenters. The monoisotopic (exact) mass is 524 g/mol. The molecule has 0 saturated heterocycles. The fraction of sp³-hybridized carbons (Fsp3) is 0.138. The molecule has 0 aliphatic heterocycles. The zero-order valence-electron chi connectivity index (χ0n) is 20.9. The largest absolute Gasteiger partial charge is 0.369 e. The Bertz CT molecular complexity index is 1720. The van der Waals surface area contributed by atoms with Crippen LogP contribution in [0.1, 0.15) is 35.9 Å². The van der Waals surface area contributed by atoms with E-state index in [1.54, 1.807) is 41.1 Å². The van der Waals surface area contributed by atoms with Gasteiger partial charge in [0.05, 0.1) is 21.6 Å². The first-order valence-electron chi connectivity index (χ1n) is 12.1. The SMILES string of the molecule is CC(=O)c1cccc(-c2cnc(N)nc2NC[C@H](C)c2nc3cccc(Cl)c3c(=O)n2-c2ccccc2)c1. The predicted molar refractivity (Wildman–Crippen MR) is 151 cm³/mol. The number of fused-ring (bicyclic) bond motifs is 1. The van der Waals surface area contributed by atoms with Crippen LogP contribution in [-0.4, -0.2) is 31.8 Å². The molecule has 38 heavy (non-hydrogen) atoms. The van der Waals surface area contributed by atoms with Gasteiger partial charge in [0.2, 0.25) is 5.95 Å². The van der Waals surface area contributed by atoms with Crippen molar-refractivity contribution in [1.29, 1.82) is 0 Å². The van der Waals surface area contributed by atoms with Gasteiger partial charge in [-0.3, -0.25) is 14.2 Å². The number of benzene rings is 3. The van der Waals surface area contributed by atoms with Crippen LogP contribution in [-0.2, 0) is 0 Å². The summed E-state index contributed by atoms with van der Waals surface area (Å²) in [6, 6.07) is 21.9. The third kappa shape index (κ3) is 4.86. The van der Waals surface area contributed by atoms with Gasteiger partial charge in [-0.1, -0.05) is 61.0 Å². The van der Waals surface area contributed by atoms with Crippen molar-refractivity contribution >= 4 is 40.1 Å². The van der Waals surface area contributed by atoms with Crippen LogP contribution in [0, 0.1) is 0 Å². The van der Waals surface area contributed by atoms with Gasteiger partial charge in [0.25, 0.3) is 5.56 Å². The molecule has 0 aliphatic carbocycles. The lowest BCUT2D eigenvalue weighted by atomic mass is 10.0. The van der Waals surface area contributed by atoms with Gasteiger partial charge in [0.15, 0.2) is 5.78 Å². The molecule has 3 aromatic carbocycles. The van der Waals surface area contributed by atoms with Crippen LogP contribution in [0.2, 0.25) is 5.02 Å². The van der Waals surface area contributed by atoms with Crippen molar-refractivity contribution in [1.82, 2.24) is 19.5 Å². The minimum absolute atomic E-state index is 0.0345. The Hall–Kier alpha value is -4.56. The van der Waals surface area contributed by atoms with Gasteiger partial charge in [-0.25, -0.2) is 9.97 Å². The Kier molecular flexibility index (Phi) is 6.89. The van der Waals surface area contributed by atoms with Gasteiger partial charge in [-0.05, 0) is 42.8 Å². The predicted octanol–water partition coefficient (Wildman–Crippen LogP) is 5.50.